The predicted octanol–water partition coefficient (Wildman–Crippen LogP) is 3.18. The molecule has 1 N–H and O–H groups in total. The second-order valence-electron chi connectivity index (χ2n) is 7.59. The Morgan fingerprint density at radius 2 is 2.04 bits per heavy atom. The third kappa shape index (κ3) is 3.60. The normalized spacial score (nSPS) is 26.9. The van der Waals surface area contributed by atoms with Crippen molar-refractivity contribution in [3.63, 3.8) is 0 Å². The molecular weight excluding hydrogens is 290 g/mol. The highest BCUT2D eigenvalue weighted by molar-refractivity contribution is 5.71. The first-order valence-corrected chi connectivity index (χ1v) is 9.02. The van der Waals surface area contributed by atoms with Gasteiger partial charge >= 0.3 is 5.97 Å². The molecule has 2 atom stereocenters. The molecule has 2 heterocycles. The zero-order valence-electron chi connectivity index (χ0n) is 14.3. The van der Waals surface area contributed by atoms with Gasteiger partial charge in [-0.25, -0.2) is 4.98 Å². The summed E-state index contributed by atoms with van der Waals surface area (Å²) in [5.74, 6) is 0.113. The minimum absolute atomic E-state index is 0.200. The van der Waals surface area contributed by atoms with E-state index in [9.17, 15) is 9.90 Å². The number of aliphatic carboxylic acids is 1. The summed E-state index contributed by atoms with van der Waals surface area (Å²) in [6.45, 7) is 6.72. The average molecular weight is 319 g/mol. The number of nitrogens with zero attached hydrogens (tertiary/aromatic N) is 3. The predicted molar refractivity (Wildman–Crippen MR) is 89.1 cm³/mol. The van der Waals surface area contributed by atoms with Crippen LogP contribution in [0, 0.1) is 17.8 Å². The number of imidazole rings is 1. The van der Waals surface area contributed by atoms with Gasteiger partial charge in [-0.15, -0.1) is 0 Å². The van der Waals surface area contributed by atoms with Crippen LogP contribution in [0.3, 0.4) is 0 Å². The van der Waals surface area contributed by atoms with Crippen LogP contribution in [-0.4, -0.2) is 38.6 Å². The first kappa shape index (κ1) is 16.5. The minimum Gasteiger partial charge on any atom is -0.481 e. The number of carboxylic acid groups (broad SMARTS) is 1. The number of carbonyl (C=O) groups is 1. The fourth-order valence-corrected chi connectivity index (χ4v) is 4.49. The zero-order valence-corrected chi connectivity index (χ0v) is 14.3. The fourth-order valence-electron chi connectivity index (χ4n) is 4.49. The average Bonchev–Trinajstić information content (AvgIpc) is 3.15. The molecule has 0 bridgehead atoms. The van der Waals surface area contributed by atoms with Crippen molar-refractivity contribution in [1.29, 1.82) is 0 Å². The Morgan fingerprint density at radius 3 is 2.70 bits per heavy atom. The van der Waals surface area contributed by atoms with E-state index in [0.717, 1.165) is 13.1 Å². The molecule has 2 fully saturated rings. The Bertz CT molecular complexity index is 534. The fraction of sp³-hybridized carbons (Fsp3) is 0.778. The molecular formula is C18H29N3O2. The Balaban J connectivity index is 1.69. The molecule has 5 nitrogen and oxygen atoms in total. The lowest BCUT2D eigenvalue weighted by Crippen LogP contribution is -2.29. The van der Waals surface area contributed by atoms with Crippen molar-refractivity contribution in [2.24, 2.45) is 17.8 Å². The van der Waals surface area contributed by atoms with Crippen molar-refractivity contribution in [1.82, 2.24) is 14.5 Å². The Kier molecular flexibility index (Phi) is 5.05. The van der Waals surface area contributed by atoms with Gasteiger partial charge in [-0.3, -0.25) is 9.69 Å². The maximum atomic E-state index is 11.7. The summed E-state index contributed by atoms with van der Waals surface area (Å²) in [5, 5.41) is 9.66. The molecule has 1 aromatic heterocycles. The topological polar surface area (TPSA) is 58.4 Å². The van der Waals surface area contributed by atoms with Crippen LogP contribution in [0.25, 0.3) is 0 Å². The lowest BCUT2D eigenvalue weighted by atomic mass is 9.75. The van der Waals surface area contributed by atoms with Crippen LogP contribution in [0.5, 0.6) is 0 Å². The Morgan fingerprint density at radius 1 is 1.30 bits per heavy atom. The van der Waals surface area contributed by atoms with E-state index in [1.807, 2.05) is 12.5 Å². The molecule has 1 aliphatic carbocycles. The quantitative estimate of drug-likeness (QED) is 0.905. The van der Waals surface area contributed by atoms with Crippen LogP contribution in [0.2, 0.25) is 0 Å². The molecule has 3 rings (SSSR count). The number of carboxylic acids is 1. The van der Waals surface area contributed by atoms with Gasteiger partial charge in [-0.05, 0) is 25.7 Å². The van der Waals surface area contributed by atoms with E-state index in [2.05, 4.69) is 28.3 Å². The van der Waals surface area contributed by atoms with Crippen LogP contribution in [-0.2, 0) is 11.3 Å². The molecule has 5 heteroatoms. The lowest BCUT2D eigenvalue weighted by molar-refractivity contribution is -0.143. The summed E-state index contributed by atoms with van der Waals surface area (Å²) in [5.41, 5.74) is 1.19. The van der Waals surface area contributed by atoms with E-state index >= 15 is 0 Å². The minimum atomic E-state index is -0.611. The zero-order chi connectivity index (χ0) is 16.4. The highest BCUT2D eigenvalue weighted by Gasteiger charge is 2.42. The van der Waals surface area contributed by atoms with Crippen molar-refractivity contribution in [2.45, 2.75) is 58.5 Å². The van der Waals surface area contributed by atoms with Gasteiger partial charge in [0.2, 0.25) is 0 Å². The van der Waals surface area contributed by atoms with Crippen molar-refractivity contribution in [2.75, 3.05) is 13.1 Å². The largest absolute Gasteiger partial charge is 0.481 e. The number of hydrogen-bond acceptors (Lipinski definition) is 3. The van der Waals surface area contributed by atoms with Crippen LogP contribution >= 0.6 is 0 Å². The highest BCUT2D eigenvalue weighted by atomic mass is 16.4. The molecule has 128 valence electrons. The smallest absolute Gasteiger partial charge is 0.308 e. The summed E-state index contributed by atoms with van der Waals surface area (Å²) in [4.78, 5) is 18.3. The summed E-state index contributed by atoms with van der Waals surface area (Å²) < 4.78 is 2.18. The Hall–Kier alpha value is -1.36. The second-order valence-corrected chi connectivity index (χ2v) is 7.59. The van der Waals surface area contributed by atoms with Gasteiger partial charge in [0.25, 0.3) is 0 Å². The van der Waals surface area contributed by atoms with E-state index in [4.69, 9.17) is 0 Å². The first-order chi connectivity index (χ1) is 11.1. The van der Waals surface area contributed by atoms with E-state index in [1.54, 1.807) is 0 Å². The number of hydrogen-bond donors (Lipinski definition) is 1. The number of likely N-dealkylation sites (tertiary alicyclic amines) is 1. The van der Waals surface area contributed by atoms with Gasteiger partial charge < -0.3 is 9.67 Å². The molecule has 1 saturated carbocycles. The third-order valence-electron chi connectivity index (χ3n) is 5.70. The molecule has 23 heavy (non-hydrogen) atoms. The standard InChI is InChI=1S/C18H29N3O2/c1-13(2)21-12-19-8-15(21)9-20-10-16(17(11-20)18(22)23)14-6-4-3-5-7-14/h8,12-14,16-17H,3-7,9-11H2,1-2H3,(H,22,23)/t16-,17+/m1/s1. The molecule has 1 aliphatic heterocycles. The van der Waals surface area contributed by atoms with Gasteiger partial charge in [0, 0.05) is 31.9 Å². The van der Waals surface area contributed by atoms with Crippen molar-refractivity contribution >= 4 is 5.97 Å². The molecule has 2 aliphatic rings. The van der Waals surface area contributed by atoms with Gasteiger partial charge in [0.1, 0.15) is 0 Å². The molecule has 0 radical (unpaired) electrons. The third-order valence-corrected chi connectivity index (χ3v) is 5.70. The van der Waals surface area contributed by atoms with E-state index < -0.39 is 5.97 Å². The summed E-state index contributed by atoms with van der Waals surface area (Å²) in [6, 6.07) is 0.388. The van der Waals surface area contributed by atoms with Crippen LogP contribution in [0.4, 0.5) is 0 Å². The molecule has 1 aromatic rings. The SMILES string of the molecule is CC(C)n1cncc1CN1C[C@H](C(=O)O)[C@@H](C2CCCCC2)C1. The van der Waals surface area contributed by atoms with Crippen LogP contribution < -0.4 is 0 Å². The maximum Gasteiger partial charge on any atom is 0.308 e. The summed E-state index contributed by atoms with van der Waals surface area (Å²) in [7, 11) is 0. The van der Waals surface area contributed by atoms with E-state index in [-0.39, 0.29) is 5.92 Å². The van der Waals surface area contributed by atoms with Crippen LogP contribution in [0.15, 0.2) is 12.5 Å². The number of rotatable bonds is 5. The van der Waals surface area contributed by atoms with Crippen LogP contribution in [0.1, 0.15) is 57.7 Å². The molecule has 1 saturated heterocycles. The van der Waals surface area contributed by atoms with Gasteiger partial charge in [0.05, 0.1) is 17.9 Å². The monoisotopic (exact) mass is 319 g/mol. The van der Waals surface area contributed by atoms with Gasteiger partial charge in [-0.1, -0.05) is 32.1 Å². The molecule has 0 spiro atoms. The second kappa shape index (κ2) is 7.04. The molecule has 0 unspecified atom stereocenters. The van der Waals surface area contributed by atoms with Crippen molar-refractivity contribution < 1.29 is 9.90 Å². The maximum absolute atomic E-state index is 11.7. The van der Waals surface area contributed by atoms with Gasteiger partial charge in [0.15, 0.2) is 0 Å². The Labute approximate surface area is 138 Å². The van der Waals surface area contributed by atoms with Crippen molar-refractivity contribution in [3.8, 4) is 0 Å². The van der Waals surface area contributed by atoms with Crippen molar-refractivity contribution in [3.05, 3.63) is 18.2 Å². The van der Waals surface area contributed by atoms with E-state index in [0.29, 0.717) is 24.4 Å². The molecule has 0 aromatic carbocycles. The van der Waals surface area contributed by atoms with Gasteiger partial charge in [-0.2, -0.15) is 0 Å². The lowest BCUT2D eigenvalue weighted by Gasteiger charge is -2.29. The van der Waals surface area contributed by atoms with E-state index in [1.165, 1.54) is 37.8 Å². The highest BCUT2D eigenvalue weighted by Crippen LogP contribution is 2.38. The summed E-state index contributed by atoms with van der Waals surface area (Å²) in [6.07, 6.45) is 10.1. The first-order valence-electron chi connectivity index (χ1n) is 9.02. The number of aromatic nitrogens is 2. The summed E-state index contributed by atoms with van der Waals surface area (Å²) >= 11 is 0. The molecule has 0 amide bonds.